The highest BCUT2D eigenvalue weighted by Crippen LogP contribution is 2.10. The molecule has 0 aliphatic carbocycles. The molecule has 0 spiro atoms. The van der Waals surface area contributed by atoms with E-state index >= 15 is 0 Å². The Morgan fingerprint density at radius 3 is 2.56 bits per heavy atom. The highest BCUT2D eigenvalue weighted by atomic mass is 16.4. The van der Waals surface area contributed by atoms with E-state index in [9.17, 15) is 9.59 Å². The van der Waals surface area contributed by atoms with Crippen molar-refractivity contribution in [2.75, 3.05) is 0 Å². The van der Waals surface area contributed by atoms with Crippen molar-refractivity contribution in [3.8, 4) is 0 Å². The largest absolute Gasteiger partial charge is 0.481 e. The van der Waals surface area contributed by atoms with Crippen LogP contribution in [0.2, 0.25) is 0 Å². The van der Waals surface area contributed by atoms with Gasteiger partial charge in [-0.3, -0.25) is 9.36 Å². The van der Waals surface area contributed by atoms with Gasteiger partial charge in [-0.1, -0.05) is 24.3 Å². The van der Waals surface area contributed by atoms with Crippen LogP contribution in [0.15, 0.2) is 35.4 Å². The second-order valence-corrected chi connectivity index (χ2v) is 4.02. The summed E-state index contributed by atoms with van der Waals surface area (Å²) < 4.78 is 2.68. The summed E-state index contributed by atoms with van der Waals surface area (Å²) in [4.78, 5) is 22.4. The van der Waals surface area contributed by atoms with Crippen molar-refractivity contribution >= 4 is 5.97 Å². The van der Waals surface area contributed by atoms with Crippen LogP contribution >= 0.6 is 0 Å². The molecule has 0 amide bonds. The molecule has 0 saturated heterocycles. The topological polar surface area (TPSA) is 77.1 Å². The van der Waals surface area contributed by atoms with E-state index in [1.54, 1.807) is 25.2 Å². The minimum Gasteiger partial charge on any atom is -0.481 e. The summed E-state index contributed by atoms with van der Waals surface area (Å²) in [6, 6.07) is 7.15. The Morgan fingerprint density at radius 1 is 1.33 bits per heavy atom. The number of aliphatic carboxylic acids is 1. The predicted octanol–water partition coefficient (Wildman–Crippen LogP) is 0.257. The molecule has 18 heavy (non-hydrogen) atoms. The number of aromatic nitrogens is 3. The van der Waals surface area contributed by atoms with Crippen LogP contribution in [-0.2, 0) is 24.8 Å². The highest BCUT2D eigenvalue weighted by Gasteiger charge is 2.09. The third-order valence-corrected chi connectivity index (χ3v) is 2.67. The van der Waals surface area contributed by atoms with Crippen molar-refractivity contribution < 1.29 is 9.90 Å². The molecule has 0 aliphatic rings. The van der Waals surface area contributed by atoms with Crippen molar-refractivity contribution in [3.05, 3.63) is 52.2 Å². The Bertz CT molecular complexity index is 627. The fourth-order valence-corrected chi connectivity index (χ4v) is 1.74. The zero-order valence-corrected chi connectivity index (χ0v) is 9.91. The molecule has 6 nitrogen and oxygen atoms in total. The first kappa shape index (κ1) is 12.1. The second kappa shape index (κ2) is 4.87. The van der Waals surface area contributed by atoms with Gasteiger partial charge in [-0.15, -0.1) is 0 Å². The number of benzene rings is 1. The molecule has 2 rings (SSSR count). The molecule has 0 aliphatic heterocycles. The average Bonchev–Trinajstić information content (AvgIpc) is 2.63. The molecule has 0 fully saturated rings. The zero-order valence-electron chi connectivity index (χ0n) is 9.91. The fourth-order valence-electron chi connectivity index (χ4n) is 1.74. The lowest BCUT2D eigenvalue weighted by Crippen LogP contribution is -2.24. The molecule has 1 N–H and O–H groups in total. The third kappa shape index (κ3) is 2.48. The van der Waals surface area contributed by atoms with Crippen molar-refractivity contribution in [2.24, 2.45) is 7.05 Å². The predicted molar refractivity (Wildman–Crippen MR) is 64.4 cm³/mol. The smallest absolute Gasteiger partial charge is 0.345 e. The van der Waals surface area contributed by atoms with Crippen molar-refractivity contribution in [1.82, 2.24) is 14.3 Å². The monoisotopic (exact) mass is 247 g/mol. The van der Waals surface area contributed by atoms with Crippen molar-refractivity contribution in [3.63, 3.8) is 0 Å². The standard InChI is InChI=1S/C12H13N3O3/c1-14-8-13-15(12(14)18)7-10-5-3-2-4-9(10)6-11(16)17/h2-5,8H,6-7H2,1H3,(H,16,17). The maximum atomic E-state index is 11.7. The molecule has 0 saturated carbocycles. The number of carboxylic acids is 1. The van der Waals surface area contributed by atoms with E-state index in [1.807, 2.05) is 6.07 Å². The number of aryl methyl sites for hydroxylation is 1. The van der Waals surface area contributed by atoms with Crippen LogP contribution in [0.4, 0.5) is 0 Å². The van der Waals surface area contributed by atoms with Gasteiger partial charge in [0.25, 0.3) is 0 Å². The molecular formula is C12H13N3O3. The minimum absolute atomic E-state index is 0.0578. The summed E-state index contributed by atoms with van der Waals surface area (Å²) in [7, 11) is 1.62. The molecule has 6 heteroatoms. The summed E-state index contributed by atoms with van der Waals surface area (Å²) in [5, 5.41) is 12.8. The van der Waals surface area contributed by atoms with Crippen LogP contribution < -0.4 is 5.69 Å². The average molecular weight is 247 g/mol. The SMILES string of the molecule is Cn1cnn(Cc2ccccc2CC(=O)O)c1=O. The molecule has 0 atom stereocenters. The van der Waals surface area contributed by atoms with E-state index in [2.05, 4.69) is 5.10 Å². The number of carboxylic acid groups (broad SMARTS) is 1. The summed E-state index contributed by atoms with van der Waals surface area (Å²) >= 11 is 0. The van der Waals surface area contributed by atoms with Gasteiger partial charge in [-0.05, 0) is 11.1 Å². The van der Waals surface area contributed by atoms with Gasteiger partial charge in [-0.25, -0.2) is 9.48 Å². The van der Waals surface area contributed by atoms with Gasteiger partial charge in [-0.2, -0.15) is 5.10 Å². The normalized spacial score (nSPS) is 10.5. The van der Waals surface area contributed by atoms with Crippen LogP contribution in [0.1, 0.15) is 11.1 Å². The summed E-state index contributed by atoms with van der Waals surface area (Å²) in [6.07, 6.45) is 1.37. The molecule has 1 aromatic carbocycles. The Hall–Kier alpha value is -2.37. The van der Waals surface area contributed by atoms with Gasteiger partial charge < -0.3 is 5.11 Å². The second-order valence-electron chi connectivity index (χ2n) is 4.02. The first-order valence-electron chi connectivity index (χ1n) is 5.45. The lowest BCUT2D eigenvalue weighted by molar-refractivity contribution is -0.136. The molecule has 0 radical (unpaired) electrons. The van der Waals surface area contributed by atoms with E-state index in [4.69, 9.17) is 5.11 Å². The molecule has 2 aromatic rings. The van der Waals surface area contributed by atoms with Crippen LogP contribution in [0, 0.1) is 0 Å². The van der Waals surface area contributed by atoms with Crippen LogP contribution in [0.5, 0.6) is 0 Å². The molecule has 1 aromatic heterocycles. The maximum absolute atomic E-state index is 11.7. The Morgan fingerprint density at radius 2 is 2.00 bits per heavy atom. The minimum atomic E-state index is -0.893. The van der Waals surface area contributed by atoms with Gasteiger partial charge in [0.2, 0.25) is 0 Å². The summed E-state index contributed by atoms with van der Waals surface area (Å²) in [5.41, 5.74) is 1.27. The quantitative estimate of drug-likeness (QED) is 0.840. The van der Waals surface area contributed by atoms with E-state index in [0.717, 1.165) is 5.56 Å². The first-order valence-corrected chi connectivity index (χ1v) is 5.45. The number of hydrogen-bond donors (Lipinski definition) is 1. The molecule has 1 heterocycles. The highest BCUT2D eigenvalue weighted by molar-refractivity contribution is 5.70. The molecule has 0 unspecified atom stereocenters. The number of carbonyl (C=O) groups is 1. The van der Waals surface area contributed by atoms with Crippen LogP contribution in [0.25, 0.3) is 0 Å². The van der Waals surface area contributed by atoms with E-state index < -0.39 is 5.97 Å². The van der Waals surface area contributed by atoms with Crippen molar-refractivity contribution in [1.29, 1.82) is 0 Å². The summed E-state index contributed by atoms with van der Waals surface area (Å²) in [6.45, 7) is 0.281. The zero-order chi connectivity index (χ0) is 13.1. The van der Waals surface area contributed by atoms with Crippen LogP contribution in [0.3, 0.4) is 0 Å². The molecular weight excluding hydrogens is 234 g/mol. The molecule has 94 valence electrons. The van der Waals surface area contributed by atoms with Gasteiger partial charge in [0.15, 0.2) is 0 Å². The molecule has 0 bridgehead atoms. The number of hydrogen-bond acceptors (Lipinski definition) is 3. The van der Waals surface area contributed by atoms with E-state index in [0.29, 0.717) is 5.56 Å². The van der Waals surface area contributed by atoms with Crippen LogP contribution in [-0.4, -0.2) is 25.4 Å². The van der Waals surface area contributed by atoms with E-state index in [-0.39, 0.29) is 18.7 Å². The first-order chi connectivity index (χ1) is 8.58. The Labute approximate surface area is 103 Å². The fraction of sp³-hybridized carbons (Fsp3) is 0.250. The van der Waals surface area contributed by atoms with Crippen molar-refractivity contribution in [2.45, 2.75) is 13.0 Å². The van der Waals surface area contributed by atoms with Gasteiger partial charge in [0.05, 0.1) is 13.0 Å². The third-order valence-electron chi connectivity index (χ3n) is 2.67. The Balaban J connectivity index is 2.31. The lowest BCUT2D eigenvalue weighted by Gasteiger charge is -2.06. The van der Waals surface area contributed by atoms with Gasteiger partial charge in [0.1, 0.15) is 6.33 Å². The lowest BCUT2D eigenvalue weighted by atomic mass is 10.0. The maximum Gasteiger partial charge on any atom is 0.345 e. The Kier molecular flexibility index (Phi) is 3.27. The van der Waals surface area contributed by atoms with Gasteiger partial charge in [0, 0.05) is 7.05 Å². The number of nitrogens with zero attached hydrogens (tertiary/aromatic N) is 3. The van der Waals surface area contributed by atoms with E-state index in [1.165, 1.54) is 15.6 Å². The van der Waals surface area contributed by atoms with Gasteiger partial charge >= 0.3 is 11.7 Å². The summed E-state index contributed by atoms with van der Waals surface area (Å²) in [5.74, 6) is -0.893. The number of rotatable bonds is 4.